The van der Waals surface area contributed by atoms with E-state index in [0.717, 1.165) is 19.6 Å². The zero-order valence-electron chi connectivity index (χ0n) is 10.5. The fraction of sp³-hybridized carbons (Fsp3) is 0.667. The van der Waals surface area contributed by atoms with Crippen LogP contribution in [0.5, 0.6) is 0 Å². The molecule has 0 saturated carbocycles. The van der Waals surface area contributed by atoms with Gasteiger partial charge in [0.2, 0.25) is 0 Å². The summed E-state index contributed by atoms with van der Waals surface area (Å²) in [5.41, 5.74) is 0. The first kappa shape index (κ1) is 13.7. The van der Waals surface area contributed by atoms with E-state index in [9.17, 15) is 4.79 Å². The number of carbonyl (C=O) groups is 1. The van der Waals surface area contributed by atoms with Crippen molar-refractivity contribution < 1.29 is 9.90 Å². The largest absolute Gasteiger partial charge is 0.481 e. The Balaban J connectivity index is 2.30. The zero-order chi connectivity index (χ0) is 12.7. The first-order valence-electron chi connectivity index (χ1n) is 6.01. The maximum absolute atomic E-state index is 10.5. The molecule has 0 saturated heterocycles. The van der Waals surface area contributed by atoms with Gasteiger partial charge in [-0.15, -0.1) is 0 Å². The van der Waals surface area contributed by atoms with Crippen molar-refractivity contribution in [2.75, 3.05) is 13.1 Å². The van der Waals surface area contributed by atoms with Crippen LogP contribution in [0.1, 0.15) is 26.7 Å². The molecule has 0 fully saturated rings. The summed E-state index contributed by atoms with van der Waals surface area (Å²) in [6.45, 7) is 6.92. The van der Waals surface area contributed by atoms with Crippen LogP contribution >= 0.6 is 0 Å². The molecule has 1 aromatic heterocycles. The van der Waals surface area contributed by atoms with Crippen molar-refractivity contribution in [3.05, 3.63) is 18.7 Å². The Morgan fingerprint density at radius 1 is 1.47 bits per heavy atom. The van der Waals surface area contributed by atoms with E-state index >= 15 is 0 Å². The van der Waals surface area contributed by atoms with Crippen molar-refractivity contribution in [3.8, 4) is 0 Å². The number of carboxylic acids is 1. The molecular weight excluding hydrogens is 218 g/mol. The molecule has 0 bridgehead atoms. The Kier molecular flexibility index (Phi) is 5.69. The maximum Gasteiger partial charge on any atom is 0.303 e. The Labute approximate surface area is 102 Å². The molecule has 5 nitrogen and oxygen atoms in total. The van der Waals surface area contributed by atoms with Gasteiger partial charge in [0.25, 0.3) is 0 Å². The minimum absolute atomic E-state index is 0.244. The lowest BCUT2D eigenvalue weighted by Crippen LogP contribution is -2.34. The SMILES string of the molecule is CC(C)N(CCCC(=O)O)CCn1ccnc1. The summed E-state index contributed by atoms with van der Waals surface area (Å²) < 4.78 is 2.03. The number of rotatable bonds is 8. The maximum atomic E-state index is 10.5. The summed E-state index contributed by atoms with van der Waals surface area (Å²) in [7, 11) is 0. The minimum atomic E-state index is -0.719. The molecule has 5 heteroatoms. The van der Waals surface area contributed by atoms with E-state index in [4.69, 9.17) is 5.11 Å². The topological polar surface area (TPSA) is 58.4 Å². The fourth-order valence-corrected chi connectivity index (χ4v) is 1.72. The average Bonchev–Trinajstić information content (AvgIpc) is 2.74. The molecule has 17 heavy (non-hydrogen) atoms. The molecule has 1 heterocycles. The van der Waals surface area contributed by atoms with Crippen molar-refractivity contribution in [2.45, 2.75) is 39.3 Å². The van der Waals surface area contributed by atoms with Gasteiger partial charge in [0.15, 0.2) is 0 Å². The summed E-state index contributed by atoms with van der Waals surface area (Å²) in [6, 6.07) is 0.437. The molecule has 1 N–H and O–H groups in total. The number of hydrogen-bond donors (Lipinski definition) is 1. The standard InChI is InChI=1S/C12H21N3O2/c1-11(2)15(6-3-4-12(16)17)9-8-14-7-5-13-10-14/h5,7,10-11H,3-4,6,8-9H2,1-2H3,(H,16,17). The number of aromatic nitrogens is 2. The molecular formula is C12H21N3O2. The fourth-order valence-electron chi connectivity index (χ4n) is 1.72. The Morgan fingerprint density at radius 3 is 2.76 bits per heavy atom. The average molecular weight is 239 g/mol. The molecule has 0 unspecified atom stereocenters. The highest BCUT2D eigenvalue weighted by Crippen LogP contribution is 2.02. The molecule has 0 aliphatic heterocycles. The van der Waals surface area contributed by atoms with Crippen molar-refractivity contribution in [1.82, 2.24) is 14.5 Å². The van der Waals surface area contributed by atoms with Gasteiger partial charge in [-0.25, -0.2) is 4.98 Å². The van der Waals surface area contributed by atoms with E-state index < -0.39 is 5.97 Å². The lowest BCUT2D eigenvalue weighted by molar-refractivity contribution is -0.137. The molecule has 1 rings (SSSR count). The molecule has 1 aromatic rings. The first-order chi connectivity index (χ1) is 8.09. The second-order valence-corrected chi connectivity index (χ2v) is 4.43. The zero-order valence-corrected chi connectivity index (χ0v) is 10.5. The molecule has 0 aliphatic carbocycles. The molecule has 0 spiro atoms. The second kappa shape index (κ2) is 7.06. The van der Waals surface area contributed by atoms with Crippen LogP contribution in [0.25, 0.3) is 0 Å². The molecule has 0 atom stereocenters. The lowest BCUT2D eigenvalue weighted by atomic mass is 10.2. The summed E-state index contributed by atoms with van der Waals surface area (Å²) in [5, 5.41) is 8.61. The number of hydrogen-bond acceptors (Lipinski definition) is 3. The second-order valence-electron chi connectivity index (χ2n) is 4.43. The van der Waals surface area contributed by atoms with Gasteiger partial charge in [0.05, 0.1) is 6.33 Å². The van der Waals surface area contributed by atoms with E-state index in [2.05, 4.69) is 23.7 Å². The number of imidazole rings is 1. The Morgan fingerprint density at radius 2 is 2.24 bits per heavy atom. The van der Waals surface area contributed by atoms with Crippen LogP contribution in [0.2, 0.25) is 0 Å². The van der Waals surface area contributed by atoms with Gasteiger partial charge in [-0.2, -0.15) is 0 Å². The Bertz CT molecular complexity index is 323. The van der Waals surface area contributed by atoms with Gasteiger partial charge < -0.3 is 9.67 Å². The van der Waals surface area contributed by atoms with Gasteiger partial charge >= 0.3 is 5.97 Å². The van der Waals surface area contributed by atoms with Crippen LogP contribution in [0, 0.1) is 0 Å². The highest BCUT2D eigenvalue weighted by Gasteiger charge is 2.09. The van der Waals surface area contributed by atoms with Gasteiger partial charge in [-0.1, -0.05) is 0 Å². The molecule has 0 radical (unpaired) electrons. The summed E-state index contributed by atoms with van der Waals surface area (Å²) in [4.78, 5) is 16.8. The van der Waals surface area contributed by atoms with Gasteiger partial charge in [0.1, 0.15) is 0 Å². The minimum Gasteiger partial charge on any atom is -0.481 e. The van der Waals surface area contributed by atoms with Crippen molar-refractivity contribution in [3.63, 3.8) is 0 Å². The van der Waals surface area contributed by atoms with Crippen molar-refractivity contribution >= 4 is 5.97 Å². The highest BCUT2D eigenvalue weighted by atomic mass is 16.4. The van der Waals surface area contributed by atoms with E-state index in [1.165, 1.54) is 0 Å². The van der Waals surface area contributed by atoms with E-state index in [0.29, 0.717) is 12.5 Å². The highest BCUT2D eigenvalue weighted by molar-refractivity contribution is 5.66. The summed E-state index contributed by atoms with van der Waals surface area (Å²) in [6.07, 6.45) is 6.46. The molecule has 0 aromatic carbocycles. The number of aliphatic carboxylic acids is 1. The third-order valence-electron chi connectivity index (χ3n) is 2.77. The van der Waals surface area contributed by atoms with Crippen LogP contribution in [-0.4, -0.2) is 44.7 Å². The predicted molar refractivity (Wildman–Crippen MR) is 65.8 cm³/mol. The lowest BCUT2D eigenvalue weighted by Gasteiger charge is -2.26. The Hall–Kier alpha value is -1.36. The van der Waals surface area contributed by atoms with Crippen LogP contribution in [0.15, 0.2) is 18.7 Å². The molecule has 96 valence electrons. The van der Waals surface area contributed by atoms with E-state index in [-0.39, 0.29) is 6.42 Å². The van der Waals surface area contributed by atoms with Crippen molar-refractivity contribution in [2.24, 2.45) is 0 Å². The van der Waals surface area contributed by atoms with Gasteiger partial charge in [0, 0.05) is 37.9 Å². The molecule has 0 amide bonds. The monoisotopic (exact) mass is 239 g/mol. The van der Waals surface area contributed by atoms with Gasteiger partial charge in [-0.05, 0) is 26.8 Å². The first-order valence-corrected chi connectivity index (χ1v) is 6.01. The quantitative estimate of drug-likeness (QED) is 0.746. The summed E-state index contributed by atoms with van der Waals surface area (Å²) >= 11 is 0. The van der Waals surface area contributed by atoms with Crippen LogP contribution < -0.4 is 0 Å². The molecule has 0 aliphatic rings. The van der Waals surface area contributed by atoms with Crippen LogP contribution in [0.4, 0.5) is 0 Å². The third kappa shape index (κ3) is 5.49. The number of carboxylic acid groups (broad SMARTS) is 1. The smallest absolute Gasteiger partial charge is 0.303 e. The predicted octanol–water partition coefficient (Wildman–Crippen LogP) is 1.46. The van der Waals surface area contributed by atoms with E-state index in [1.807, 2.05) is 10.8 Å². The normalized spacial score (nSPS) is 11.3. The van der Waals surface area contributed by atoms with E-state index in [1.54, 1.807) is 12.5 Å². The summed E-state index contributed by atoms with van der Waals surface area (Å²) in [5.74, 6) is -0.719. The van der Waals surface area contributed by atoms with Crippen LogP contribution in [-0.2, 0) is 11.3 Å². The van der Waals surface area contributed by atoms with Crippen LogP contribution in [0.3, 0.4) is 0 Å². The van der Waals surface area contributed by atoms with Gasteiger partial charge in [-0.3, -0.25) is 9.69 Å². The van der Waals surface area contributed by atoms with Crippen molar-refractivity contribution in [1.29, 1.82) is 0 Å². The number of nitrogens with zero attached hydrogens (tertiary/aromatic N) is 3. The third-order valence-corrected chi connectivity index (χ3v) is 2.77.